The summed E-state index contributed by atoms with van der Waals surface area (Å²) >= 11 is 0. The molecule has 0 radical (unpaired) electrons. The summed E-state index contributed by atoms with van der Waals surface area (Å²) in [6.07, 6.45) is -1.10. The Morgan fingerprint density at radius 2 is 2.06 bits per heavy atom. The van der Waals surface area contributed by atoms with Crippen molar-refractivity contribution < 1.29 is 9.13 Å². The van der Waals surface area contributed by atoms with E-state index in [1.54, 1.807) is 0 Å². The van der Waals surface area contributed by atoms with E-state index < -0.39 is 6.17 Å². The second-order valence-electron chi connectivity index (χ2n) is 4.92. The van der Waals surface area contributed by atoms with E-state index in [0.29, 0.717) is 5.75 Å². The molecule has 1 aromatic rings. The summed E-state index contributed by atoms with van der Waals surface area (Å²) < 4.78 is 18.2. The van der Waals surface area contributed by atoms with Gasteiger partial charge in [-0.25, -0.2) is 4.39 Å². The van der Waals surface area contributed by atoms with Crippen LogP contribution in [0.25, 0.3) is 0 Å². The molecule has 0 saturated heterocycles. The van der Waals surface area contributed by atoms with Gasteiger partial charge in [-0.2, -0.15) is 0 Å². The van der Waals surface area contributed by atoms with Crippen LogP contribution in [0.3, 0.4) is 0 Å². The number of hydrogen-bond acceptors (Lipinski definition) is 2. The molecule has 0 bridgehead atoms. The van der Waals surface area contributed by atoms with Gasteiger partial charge in [0.15, 0.2) is 0 Å². The Balaban J connectivity index is 2.68. The van der Waals surface area contributed by atoms with Crippen molar-refractivity contribution in [3.63, 3.8) is 0 Å². The Morgan fingerprint density at radius 3 is 2.62 bits per heavy atom. The third kappa shape index (κ3) is 3.81. The molecule has 0 aliphatic carbocycles. The smallest absolute Gasteiger partial charge is 0.146 e. The maximum atomic E-state index is 12.9. The fourth-order valence-electron chi connectivity index (χ4n) is 1.31. The first kappa shape index (κ1) is 13.0. The van der Waals surface area contributed by atoms with Crippen molar-refractivity contribution in [3.05, 3.63) is 29.8 Å². The molecule has 0 heterocycles. The maximum absolute atomic E-state index is 12.9. The standard InChI is InChI=1S/C13H20FNO/c1-13(2,3)10-5-4-6-12(7-10)16-9-11(14)8-15/h4-7,11H,8-9,15H2,1-3H3/t11-/m0/s1. The molecule has 2 N–H and O–H groups in total. The highest BCUT2D eigenvalue weighted by Gasteiger charge is 2.14. The largest absolute Gasteiger partial charge is 0.491 e. The molecule has 0 saturated carbocycles. The van der Waals surface area contributed by atoms with Crippen LogP contribution in [0.15, 0.2) is 24.3 Å². The summed E-state index contributed by atoms with van der Waals surface area (Å²) in [5.41, 5.74) is 6.43. The minimum absolute atomic E-state index is 0.00103. The molecular formula is C13H20FNO. The van der Waals surface area contributed by atoms with E-state index in [1.807, 2.05) is 24.3 Å². The molecule has 0 aliphatic heterocycles. The average Bonchev–Trinajstić information content (AvgIpc) is 2.25. The van der Waals surface area contributed by atoms with Crippen LogP contribution < -0.4 is 10.5 Å². The lowest BCUT2D eigenvalue weighted by molar-refractivity contribution is 0.201. The summed E-state index contributed by atoms with van der Waals surface area (Å²) in [5.74, 6) is 0.698. The summed E-state index contributed by atoms with van der Waals surface area (Å²) in [6.45, 7) is 6.40. The number of ether oxygens (including phenoxy) is 1. The molecule has 1 atom stereocenters. The average molecular weight is 225 g/mol. The van der Waals surface area contributed by atoms with E-state index in [0.717, 1.165) is 0 Å². The topological polar surface area (TPSA) is 35.2 Å². The van der Waals surface area contributed by atoms with E-state index in [4.69, 9.17) is 10.5 Å². The number of alkyl halides is 1. The first-order valence-corrected chi connectivity index (χ1v) is 5.51. The van der Waals surface area contributed by atoms with E-state index in [-0.39, 0.29) is 18.6 Å². The van der Waals surface area contributed by atoms with Crippen LogP contribution in [0.4, 0.5) is 4.39 Å². The van der Waals surface area contributed by atoms with Crippen LogP contribution in [0.2, 0.25) is 0 Å². The SMILES string of the molecule is CC(C)(C)c1cccc(OC[C@@H](F)CN)c1. The van der Waals surface area contributed by atoms with Crippen LogP contribution in [-0.2, 0) is 5.41 Å². The third-order valence-electron chi connectivity index (χ3n) is 2.39. The maximum Gasteiger partial charge on any atom is 0.146 e. The van der Waals surface area contributed by atoms with Crippen molar-refractivity contribution in [1.29, 1.82) is 0 Å². The summed E-state index contributed by atoms with van der Waals surface area (Å²) in [6, 6.07) is 7.75. The van der Waals surface area contributed by atoms with Crippen molar-refractivity contribution in [1.82, 2.24) is 0 Å². The Morgan fingerprint density at radius 1 is 1.38 bits per heavy atom. The molecule has 0 unspecified atom stereocenters. The van der Waals surface area contributed by atoms with Crippen molar-refractivity contribution in [2.24, 2.45) is 5.73 Å². The molecule has 0 aliphatic rings. The van der Waals surface area contributed by atoms with Crippen molar-refractivity contribution >= 4 is 0 Å². The van der Waals surface area contributed by atoms with Gasteiger partial charge in [-0.15, -0.1) is 0 Å². The summed E-state index contributed by atoms with van der Waals surface area (Å²) in [7, 11) is 0. The van der Waals surface area contributed by atoms with Gasteiger partial charge in [0.25, 0.3) is 0 Å². The number of benzene rings is 1. The van der Waals surface area contributed by atoms with Crippen LogP contribution in [0.5, 0.6) is 5.75 Å². The first-order chi connectivity index (χ1) is 7.43. The number of rotatable bonds is 4. The zero-order valence-corrected chi connectivity index (χ0v) is 10.2. The van der Waals surface area contributed by atoms with E-state index in [1.165, 1.54) is 5.56 Å². The Kier molecular flexibility index (Phi) is 4.30. The number of hydrogen-bond donors (Lipinski definition) is 1. The van der Waals surface area contributed by atoms with Crippen molar-refractivity contribution in [2.75, 3.05) is 13.2 Å². The van der Waals surface area contributed by atoms with Gasteiger partial charge in [-0.1, -0.05) is 32.9 Å². The van der Waals surface area contributed by atoms with Gasteiger partial charge < -0.3 is 10.5 Å². The van der Waals surface area contributed by atoms with Crippen LogP contribution in [0.1, 0.15) is 26.3 Å². The quantitative estimate of drug-likeness (QED) is 0.855. The molecule has 90 valence electrons. The molecular weight excluding hydrogens is 205 g/mol. The van der Waals surface area contributed by atoms with Crippen LogP contribution in [-0.4, -0.2) is 19.3 Å². The van der Waals surface area contributed by atoms with Crippen molar-refractivity contribution in [3.8, 4) is 5.75 Å². The van der Waals surface area contributed by atoms with Gasteiger partial charge >= 0.3 is 0 Å². The summed E-state index contributed by atoms with van der Waals surface area (Å²) in [5, 5.41) is 0. The zero-order chi connectivity index (χ0) is 12.2. The molecule has 1 rings (SSSR count). The van der Waals surface area contributed by atoms with Gasteiger partial charge in [0.2, 0.25) is 0 Å². The molecule has 16 heavy (non-hydrogen) atoms. The normalized spacial score (nSPS) is 13.6. The minimum atomic E-state index is -1.10. The lowest BCUT2D eigenvalue weighted by Gasteiger charge is -2.20. The van der Waals surface area contributed by atoms with E-state index >= 15 is 0 Å². The molecule has 1 aromatic carbocycles. The monoisotopic (exact) mass is 225 g/mol. The third-order valence-corrected chi connectivity index (χ3v) is 2.39. The molecule has 0 aromatic heterocycles. The lowest BCUT2D eigenvalue weighted by Crippen LogP contribution is -2.22. The fourth-order valence-corrected chi connectivity index (χ4v) is 1.31. The van der Waals surface area contributed by atoms with E-state index in [9.17, 15) is 4.39 Å². The molecule has 2 nitrogen and oxygen atoms in total. The minimum Gasteiger partial charge on any atom is -0.491 e. The van der Waals surface area contributed by atoms with Gasteiger partial charge in [0.05, 0.1) is 0 Å². The second kappa shape index (κ2) is 5.30. The van der Waals surface area contributed by atoms with E-state index in [2.05, 4.69) is 20.8 Å². The van der Waals surface area contributed by atoms with Crippen LogP contribution in [0, 0.1) is 0 Å². The highest BCUT2D eigenvalue weighted by atomic mass is 19.1. The van der Waals surface area contributed by atoms with Gasteiger partial charge in [-0.3, -0.25) is 0 Å². The molecule has 3 heteroatoms. The first-order valence-electron chi connectivity index (χ1n) is 5.51. The Labute approximate surface area is 96.6 Å². The molecule has 0 amide bonds. The Hall–Kier alpha value is -1.09. The van der Waals surface area contributed by atoms with Crippen LogP contribution >= 0.6 is 0 Å². The highest BCUT2D eigenvalue weighted by Crippen LogP contribution is 2.25. The lowest BCUT2D eigenvalue weighted by atomic mass is 9.87. The fraction of sp³-hybridized carbons (Fsp3) is 0.538. The summed E-state index contributed by atoms with van der Waals surface area (Å²) in [4.78, 5) is 0. The number of nitrogens with two attached hydrogens (primary N) is 1. The molecule has 0 fully saturated rings. The Bertz CT molecular complexity index is 333. The predicted octanol–water partition coefficient (Wildman–Crippen LogP) is 2.66. The second-order valence-corrected chi connectivity index (χ2v) is 4.92. The van der Waals surface area contributed by atoms with Gasteiger partial charge in [0, 0.05) is 6.54 Å². The predicted molar refractivity (Wildman–Crippen MR) is 64.6 cm³/mol. The van der Waals surface area contributed by atoms with Crippen molar-refractivity contribution in [2.45, 2.75) is 32.4 Å². The zero-order valence-electron chi connectivity index (χ0n) is 10.2. The van der Waals surface area contributed by atoms with Gasteiger partial charge in [0.1, 0.15) is 18.5 Å². The molecule has 0 spiro atoms. The highest BCUT2D eigenvalue weighted by molar-refractivity contribution is 5.32. The van der Waals surface area contributed by atoms with Gasteiger partial charge in [-0.05, 0) is 23.1 Å². The number of halogens is 1.